The minimum absolute atomic E-state index is 0.0118. The number of hydrogen-bond acceptors (Lipinski definition) is 6. The van der Waals surface area contributed by atoms with E-state index >= 15 is 0 Å². The molecule has 9 nitrogen and oxygen atoms in total. The molecule has 0 radical (unpaired) electrons. The van der Waals surface area contributed by atoms with E-state index in [0.717, 1.165) is 32.1 Å². The van der Waals surface area contributed by atoms with Gasteiger partial charge in [0.15, 0.2) is 0 Å². The van der Waals surface area contributed by atoms with Gasteiger partial charge >= 0.3 is 6.03 Å². The molecule has 2 saturated heterocycles. The second-order valence-electron chi connectivity index (χ2n) is 10.7. The number of nitrogens with one attached hydrogen (secondary N) is 2. The van der Waals surface area contributed by atoms with Gasteiger partial charge in [0.25, 0.3) is 0 Å². The van der Waals surface area contributed by atoms with E-state index < -0.39 is 21.2 Å². The minimum atomic E-state index is -3.49. The molecular weight excluding hydrogens is 418 g/mol. The number of hydrazine groups is 1. The molecule has 5 aliphatic rings. The molecule has 3 saturated carbocycles. The van der Waals surface area contributed by atoms with Gasteiger partial charge < -0.3 is 4.90 Å². The highest BCUT2D eigenvalue weighted by molar-refractivity contribution is 7.90. The van der Waals surface area contributed by atoms with Crippen molar-refractivity contribution in [3.05, 3.63) is 0 Å². The highest BCUT2D eigenvalue weighted by Gasteiger charge is 2.55. The molecule has 0 aromatic heterocycles. The molecule has 2 heterocycles. The van der Waals surface area contributed by atoms with Gasteiger partial charge in [-0.05, 0) is 65.2 Å². The zero-order valence-electron chi connectivity index (χ0n) is 18.7. The van der Waals surface area contributed by atoms with Crippen molar-refractivity contribution in [2.24, 2.45) is 5.92 Å². The van der Waals surface area contributed by atoms with Crippen LogP contribution in [0.25, 0.3) is 0 Å². The van der Waals surface area contributed by atoms with Crippen LogP contribution in [0.15, 0.2) is 0 Å². The number of carbonyl (C=O) groups is 2. The van der Waals surface area contributed by atoms with Crippen molar-refractivity contribution < 1.29 is 18.0 Å². The van der Waals surface area contributed by atoms with Gasteiger partial charge in [0, 0.05) is 43.3 Å². The second kappa shape index (κ2) is 7.40. The first-order valence-corrected chi connectivity index (χ1v) is 13.3. The number of urea groups is 1. The predicted octanol–water partition coefficient (Wildman–Crippen LogP) is 1.02. The Hall–Kier alpha value is -1.23. The summed E-state index contributed by atoms with van der Waals surface area (Å²) >= 11 is 0. The lowest BCUT2D eigenvalue weighted by molar-refractivity contribution is -0.141. The van der Waals surface area contributed by atoms with E-state index in [2.05, 4.69) is 22.1 Å². The first-order chi connectivity index (χ1) is 14.6. The van der Waals surface area contributed by atoms with Crippen LogP contribution in [-0.2, 0) is 14.8 Å². The van der Waals surface area contributed by atoms with Crippen LogP contribution in [-0.4, -0.2) is 83.7 Å². The zero-order valence-corrected chi connectivity index (χ0v) is 19.5. The number of amides is 3. The topological polar surface area (TPSA) is 102 Å². The van der Waals surface area contributed by atoms with Crippen LogP contribution in [0.3, 0.4) is 0 Å². The summed E-state index contributed by atoms with van der Waals surface area (Å²) in [5.41, 5.74) is 3.07. The Bertz CT molecular complexity index is 871. The maximum Gasteiger partial charge on any atom is 0.327 e. The van der Waals surface area contributed by atoms with Crippen LogP contribution < -0.4 is 10.1 Å². The SMILES string of the molecule is CC1CC(CN2C(=O)N(C3CC3)C(=O)C3CC(S(=O)(=O)NC4(C)CC4)CCC32)N(C)N1. The lowest BCUT2D eigenvalue weighted by Gasteiger charge is -2.49. The summed E-state index contributed by atoms with van der Waals surface area (Å²) in [6.07, 6.45) is 5.72. The fraction of sp³-hybridized carbons (Fsp3) is 0.905. The Morgan fingerprint density at radius 1 is 1.13 bits per heavy atom. The number of nitrogens with zero attached hydrogens (tertiary/aromatic N) is 3. The monoisotopic (exact) mass is 453 g/mol. The first kappa shape index (κ1) is 21.6. The third-order valence-electron chi connectivity index (χ3n) is 7.92. The Labute approximate surface area is 184 Å². The molecule has 5 unspecified atom stereocenters. The molecule has 3 aliphatic carbocycles. The van der Waals surface area contributed by atoms with Gasteiger partial charge in [-0.25, -0.2) is 22.9 Å². The molecule has 0 aromatic carbocycles. The van der Waals surface area contributed by atoms with E-state index in [4.69, 9.17) is 0 Å². The molecule has 31 heavy (non-hydrogen) atoms. The number of imide groups is 1. The zero-order chi connectivity index (χ0) is 22.1. The van der Waals surface area contributed by atoms with Gasteiger partial charge in [0.2, 0.25) is 15.9 Å². The Balaban J connectivity index is 1.37. The van der Waals surface area contributed by atoms with Crippen LogP contribution in [0.4, 0.5) is 4.79 Å². The minimum Gasteiger partial charge on any atom is -0.319 e. The van der Waals surface area contributed by atoms with Gasteiger partial charge in [-0.2, -0.15) is 0 Å². The first-order valence-electron chi connectivity index (χ1n) is 11.7. The molecule has 0 bridgehead atoms. The Morgan fingerprint density at radius 3 is 2.42 bits per heavy atom. The smallest absolute Gasteiger partial charge is 0.319 e. The summed E-state index contributed by atoms with van der Waals surface area (Å²) in [5.74, 6) is -0.588. The van der Waals surface area contributed by atoms with E-state index in [9.17, 15) is 18.0 Å². The predicted molar refractivity (Wildman–Crippen MR) is 115 cm³/mol. The van der Waals surface area contributed by atoms with Gasteiger partial charge in [0.1, 0.15) is 0 Å². The van der Waals surface area contributed by atoms with Crippen LogP contribution in [0.1, 0.15) is 65.2 Å². The molecule has 5 fully saturated rings. The third-order valence-corrected chi connectivity index (χ3v) is 10.00. The van der Waals surface area contributed by atoms with Crippen LogP contribution >= 0.6 is 0 Å². The number of fused-ring (bicyclic) bond motifs is 1. The fourth-order valence-corrected chi connectivity index (χ4v) is 7.65. The quantitative estimate of drug-likeness (QED) is 0.623. The molecule has 5 atom stereocenters. The summed E-state index contributed by atoms with van der Waals surface area (Å²) in [6, 6.07) is 0.144. The molecule has 0 aromatic rings. The molecule has 2 N–H and O–H groups in total. The molecular formula is C21H35N5O4S. The largest absolute Gasteiger partial charge is 0.327 e. The van der Waals surface area contributed by atoms with Gasteiger partial charge in [0.05, 0.1) is 11.2 Å². The molecule has 3 amide bonds. The van der Waals surface area contributed by atoms with Crippen molar-refractivity contribution in [1.82, 2.24) is 25.0 Å². The number of hydrogen-bond donors (Lipinski definition) is 2. The standard InChI is InChI=1S/C21H35N5O4S/c1-13-10-15(24(3)22-13)12-25-18-7-6-16(31(29,30)23-21(2)8-9-21)11-17(18)19(27)26(20(25)28)14-4-5-14/h13-18,22-23H,4-12H2,1-3H3. The Kier molecular flexibility index (Phi) is 5.16. The maximum absolute atomic E-state index is 13.4. The van der Waals surface area contributed by atoms with Gasteiger partial charge in [-0.3, -0.25) is 15.1 Å². The molecule has 5 rings (SSSR count). The summed E-state index contributed by atoms with van der Waals surface area (Å²) < 4.78 is 28.9. The Morgan fingerprint density at radius 2 is 1.84 bits per heavy atom. The van der Waals surface area contributed by atoms with E-state index in [1.807, 2.05) is 18.9 Å². The number of rotatable bonds is 6. The van der Waals surface area contributed by atoms with E-state index in [1.165, 1.54) is 4.90 Å². The molecule has 174 valence electrons. The summed E-state index contributed by atoms with van der Waals surface area (Å²) in [7, 11) is -1.49. The lowest BCUT2D eigenvalue weighted by atomic mass is 9.80. The third kappa shape index (κ3) is 4.00. The van der Waals surface area contributed by atoms with E-state index in [0.29, 0.717) is 31.8 Å². The summed E-state index contributed by atoms with van der Waals surface area (Å²) in [5, 5.41) is 1.50. The number of likely N-dealkylation sites (N-methyl/N-ethyl adjacent to an activating group) is 1. The highest BCUT2D eigenvalue weighted by atomic mass is 32.2. The number of sulfonamides is 1. The lowest BCUT2D eigenvalue weighted by Crippen LogP contribution is -2.66. The molecule has 10 heteroatoms. The maximum atomic E-state index is 13.4. The summed E-state index contributed by atoms with van der Waals surface area (Å²) in [6.45, 7) is 4.63. The second-order valence-corrected chi connectivity index (χ2v) is 12.7. The normalized spacial score (nSPS) is 38.5. The van der Waals surface area contributed by atoms with Gasteiger partial charge in [-0.15, -0.1) is 0 Å². The fourth-order valence-electron chi connectivity index (χ4n) is 5.68. The summed E-state index contributed by atoms with van der Waals surface area (Å²) in [4.78, 5) is 30.1. The highest BCUT2D eigenvalue weighted by Crippen LogP contribution is 2.42. The van der Waals surface area contributed by atoms with E-state index in [-0.39, 0.29) is 35.6 Å². The van der Waals surface area contributed by atoms with Crippen LogP contribution in [0.2, 0.25) is 0 Å². The van der Waals surface area contributed by atoms with Crippen LogP contribution in [0.5, 0.6) is 0 Å². The average molecular weight is 454 g/mol. The van der Waals surface area contributed by atoms with Crippen molar-refractivity contribution in [2.45, 2.75) is 100 Å². The molecule has 0 spiro atoms. The average Bonchev–Trinajstić information content (AvgIpc) is 3.61. The molecule has 2 aliphatic heterocycles. The van der Waals surface area contributed by atoms with Crippen molar-refractivity contribution >= 4 is 22.0 Å². The number of carbonyl (C=O) groups excluding carboxylic acids is 2. The van der Waals surface area contributed by atoms with Crippen molar-refractivity contribution in [2.75, 3.05) is 13.6 Å². The van der Waals surface area contributed by atoms with Crippen molar-refractivity contribution in [3.8, 4) is 0 Å². The van der Waals surface area contributed by atoms with E-state index in [1.54, 1.807) is 0 Å². The van der Waals surface area contributed by atoms with Crippen molar-refractivity contribution in [1.29, 1.82) is 0 Å². The van der Waals surface area contributed by atoms with Gasteiger partial charge in [-0.1, -0.05) is 0 Å². The van der Waals surface area contributed by atoms with Crippen LogP contribution in [0, 0.1) is 5.92 Å². The van der Waals surface area contributed by atoms with Crippen molar-refractivity contribution in [3.63, 3.8) is 0 Å².